The summed E-state index contributed by atoms with van der Waals surface area (Å²) in [6.07, 6.45) is 4.60. The average molecular weight is 669 g/mol. The highest BCUT2D eigenvalue weighted by molar-refractivity contribution is 7.19. The third-order valence-electron chi connectivity index (χ3n) is 10.8. The standard InChI is InChI=1S/C48H32N2S/c1-3-11-31(12-4-1)32-19-23-46-39(27-32)38-16-8-10-18-44(38)50(46)36-22-26-48-42(30-36)41-29-34(21-25-47(41)51-48)33-20-24-45-40(28-33)37-15-7-9-17-43(37)49(45)35-13-5-2-6-14-35/h1-20,22-24,26-30H,21,25H2. The van der Waals surface area contributed by atoms with Crippen LogP contribution >= 0.6 is 11.3 Å². The van der Waals surface area contributed by atoms with E-state index >= 15 is 0 Å². The van der Waals surface area contributed by atoms with Crippen LogP contribution in [0.3, 0.4) is 0 Å². The van der Waals surface area contributed by atoms with E-state index < -0.39 is 0 Å². The Hall–Kier alpha value is -6.16. The number of para-hydroxylation sites is 3. The second-order valence-corrected chi connectivity index (χ2v) is 14.8. The highest BCUT2D eigenvalue weighted by atomic mass is 32.1. The molecule has 3 heteroatoms. The smallest absolute Gasteiger partial charge is 0.0541 e. The Bertz CT molecular complexity index is 3010. The van der Waals surface area contributed by atoms with Crippen LogP contribution in [0, 0.1) is 0 Å². The molecular weight excluding hydrogens is 637 g/mol. The van der Waals surface area contributed by atoms with Gasteiger partial charge in [-0.25, -0.2) is 0 Å². The van der Waals surface area contributed by atoms with Gasteiger partial charge in [0, 0.05) is 47.9 Å². The summed E-state index contributed by atoms with van der Waals surface area (Å²) in [4.78, 5) is 1.49. The van der Waals surface area contributed by atoms with Crippen LogP contribution in [-0.2, 0) is 6.42 Å². The molecule has 1 aliphatic rings. The summed E-state index contributed by atoms with van der Waals surface area (Å²) < 4.78 is 6.20. The van der Waals surface area contributed by atoms with Crippen molar-refractivity contribution < 1.29 is 0 Å². The van der Waals surface area contributed by atoms with Crippen molar-refractivity contribution in [3.8, 4) is 22.5 Å². The number of thiophene rings is 1. The molecule has 7 aromatic carbocycles. The molecule has 0 fully saturated rings. The number of fused-ring (bicyclic) bond motifs is 9. The predicted molar refractivity (Wildman–Crippen MR) is 219 cm³/mol. The Morgan fingerprint density at radius 2 is 0.980 bits per heavy atom. The second-order valence-electron chi connectivity index (χ2n) is 13.7. The van der Waals surface area contributed by atoms with Gasteiger partial charge in [-0.1, -0.05) is 97.1 Å². The van der Waals surface area contributed by atoms with E-state index in [2.05, 4.69) is 179 Å². The Labute approximate surface area is 299 Å². The van der Waals surface area contributed by atoms with Gasteiger partial charge in [0.1, 0.15) is 0 Å². The molecule has 0 spiro atoms. The Kier molecular flexibility index (Phi) is 6.28. The van der Waals surface area contributed by atoms with E-state index in [1.165, 1.54) is 97.8 Å². The molecule has 11 rings (SSSR count). The molecule has 0 bridgehead atoms. The molecule has 240 valence electrons. The predicted octanol–water partition coefficient (Wildman–Crippen LogP) is 13.2. The summed E-state index contributed by atoms with van der Waals surface area (Å²) in [5, 5.41) is 6.51. The maximum absolute atomic E-state index is 2.48. The highest BCUT2D eigenvalue weighted by Gasteiger charge is 2.21. The minimum Gasteiger partial charge on any atom is -0.309 e. The van der Waals surface area contributed by atoms with Crippen LogP contribution in [0.2, 0.25) is 0 Å². The van der Waals surface area contributed by atoms with Gasteiger partial charge in [-0.15, -0.1) is 11.3 Å². The maximum Gasteiger partial charge on any atom is 0.0541 e. The largest absolute Gasteiger partial charge is 0.309 e. The number of aromatic nitrogens is 2. The average Bonchev–Trinajstić information content (AvgIpc) is 3.85. The van der Waals surface area contributed by atoms with E-state index in [0.29, 0.717) is 0 Å². The van der Waals surface area contributed by atoms with Gasteiger partial charge in [0.05, 0.1) is 22.1 Å². The van der Waals surface area contributed by atoms with Crippen molar-refractivity contribution in [2.24, 2.45) is 0 Å². The molecule has 10 aromatic rings. The number of rotatable bonds is 4. The van der Waals surface area contributed by atoms with E-state index in [9.17, 15) is 0 Å². The van der Waals surface area contributed by atoms with E-state index in [-0.39, 0.29) is 0 Å². The summed E-state index contributed by atoms with van der Waals surface area (Å²) in [7, 11) is 0. The lowest BCUT2D eigenvalue weighted by atomic mass is 9.91. The topological polar surface area (TPSA) is 9.86 Å². The third kappa shape index (κ3) is 4.42. The lowest BCUT2D eigenvalue weighted by Crippen LogP contribution is -1.97. The fourth-order valence-corrected chi connectivity index (χ4v) is 9.61. The van der Waals surface area contributed by atoms with Crippen LogP contribution in [0.1, 0.15) is 22.4 Å². The molecule has 0 saturated carbocycles. The number of hydrogen-bond acceptors (Lipinski definition) is 1. The highest BCUT2D eigenvalue weighted by Crippen LogP contribution is 2.43. The van der Waals surface area contributed by atoms with E-state index in [4.69, 9.17) is 0 Å². The lowest BCUT2D eigenvalue weighted by Gasteiger charge is -2.15. The van der Waals surface area contributed by atoms with E-state index in [1.807, 2.05) is 11.3 Å². The number of allylic oxidation sites excluding steroid dienone is 1. The van der Waals surface area contributed by atoms with Gasteiger partial charge >= 0.3 is 0 Å². The van der Waals surface area contributed by atoms with Gasteiger partial charge in [0.15, 0.2) is 0 Å². The molecule has 51 heavy (non-hydrogen) atoms. The second kappa shape index (κ2) is 11.2. The zero-order chi connectivity index (χ0) is 33.5. The van der Waals surface area contributed by atoms with Gasteiger partial charge in [-0.2, -0.15) is 0 Å². The van der Waals surface area contributed by atoms with Crippen LogP contribution in [-0.4, -0.2) is 9.13 Å². The number of benzene rings is 7. The van der Waals surface area contributed by atoms with Crippen molar-refractivity contribution in [2.45, 2.75) is 12.8 Å². The Balaban J connectivity index is 1.05. The SMILES string of the molecule is C1=C(c2ccc3c(c2)c2ccccc2n3-c2ccccc2)CCc2sc3ccc(-n4c5ccccc5c5cc(-c6ccccc6)ccc54)cc3c21. The first-order valence-corrected chi connectivity index (χ1v) is 18.5. The number of aryl methyl sites for hydroxylation is 1. The van der Waals surface area contributed by atoms with Gasteiger partial charge in [0.2, 0.25) is 0 Å². The molecule has 3 aromatic heterocycles. The summed E-state index contributed by atoms with van der Waals surface area (Å²) in [6.45, 7) is 0. The quantitative estimate of drug-likeness (QED) is 0.177. The molecule has 0 aliphatic heterocycles. The van der Waals surface area contributed by atoms with Crippen LogP contribution < -0.4 is 0 Å². The first-order chi connectivity index (χ1) is 25.3. The van der Waals surface area contributed by atoms with Crippen LogP contribution in [0.4, 0.5) is 0 Å². The van der Waals surface area contributed by atoms with Crippen molar-refractivity contribution in [1.82, 2.24) is 9.13 Å². The van der Waals surface area contributed by atoms with Crippen LogP contribution in [0.15, 0.2) is 164 Å². The molecule has 0 amide bonds. The normalized spacial score (nSPS) is 13.1. The Morgan fingerprint density at radius 1 is 0.392 bits per heavy atom. The van der Waals surface area contributed by atoms with Crippen LogP contribution in [0.25, 0.3) is 87.8 Å². The summed E-state index contributed by atoms with van der Waals surface area (Å²) in [5.41, 5.74) is 14.0. The third-order valence-corrected chi connectivity index (χ3v) is 12.1. The molecule has 1 aliphatic carbocycles. The van der Waals surface area contributed by atoms with Crippen molar-refractivity contribution >= 4 is 76.7 Å². The van der Waals surface area contributed by atoms with Gasteiger partial charge < -0.3 is 9.13 Å². The maximum atomic E-state index is 2.48. The van der Waals surface area contributed by atoms with E-state index in [0.717, 1.165) is 12.8 Å². The molecule has 3 heterocycles. The lowest BCUT2D eigenvalue weighted by molar-refractivity contribution is 1.03. The molecular formula is C48H32N2S. The first kappa shape index (κ1) is 28.7. The number of hydrogen-bond donors (Lipinski definition) is 0. The van der Waals surface area contributed by atoms with E-state index in [1.54, 1.807) is 0 Å². The van der Waals surface area contributed by atoms with Crippen molar-refractivity contribution in [1.29, 1.82) is 0 Å². The fourth-order valence-electron chi connectivity index (χ4n) is 8.45. The van der Waals surface area contributed by atoms with Crippen molar-refractivity contribution in [3.05, 3.63) is 180 Å². The molecule has 0 saturated heterocycles. The van der Waals surface area contributed by atoms with Crippen molar-refractivity contribution in [2.75, 3.05) is 0 Å². The minimum atomic E-state index is 1.05. The zero-order valence-corrected chi connectivity index (χ0v) is 28.7. The minimum absolute atomic E-state index is 1.05. The molecule has 0 unspecified atom stereocenters. The summed E-state index contributed by atoms with van der Waals surface area (Å²) >= 11 is 1.96. The Morgan fingerprint density at radius 3 is 1.71 bits per heavy atom. The molecule has 0 N–H and O–H groups in total. The molecule has 0 radical (unpaired) electrons. The van der Waals surface area contributed by atoms with Gasteiger partial charge in [-0.3, -0.25) is 0 Å². The first-order valence-electron chi connectivity index (χ1n) is 17.7. The van der Waals surface area contributed by atoms with Gasteiger partial charge in [-0.05, 0) is 113 Å². The molecule has 2 nitrogen and oxygen atoms in total. The van der Waals surface area contributed by atoms with Gasteiger partial charge in [0.25, 0.3) is 0 Å². The number of nitrogens with zero attached hydrogens (tertiary/aromatic N) is 2. The summed E-state index contributed by atoms with van der Waals surface area (Å²) in [5.74, 6) is 0. The summed E-state index contributed by atoms with van der Waals surface area (Å²) in [6, 6.07) is 60.1. The van der Waals surface area contributed by atoms with Crippen molar-refractivity contribution in [3.63, 3.8) is 0 Å². The zero-order valence-electron chi connectivity index (χ0n) is 27.9. The molecule has 0 atom stereocenters. The van der Waals surface area contributed by atoms with Crippen LogP contribution in [0.5, 0.6) is 0 Å². The fraction of sp³-hybridized carbons (Fsp3) is 0.0417. The monoisotopic (exact) mass is 668 g/mol.